The highest BCUT2D eigenvalue weighted by Gasteiger charge is 2.41. The third-order valence-electron chi connectivity index (χ3n) is 4.18. The predicted molar refractivity (Wildman–Crippen MR) is 78.6 cm³/mol. The summed E-state index contributed by atoms with van der Waals surface area (Å²) in [6, 6.07) is 4.28. The maximum atomic E-state index is 13.4. The van der Waals surface area contributed by atoms with Gasteiger partial charge < -0.3 is 5.32 Å². The molecule has 1 atom stereocenters. The maximum absolute atomic E-state index is 13.4. The van der Waals surface area contributed by atoms with Crippen LogP contribution in [0.4, 0.5) is 8.78 Å². The van der Waals surface area contributed by atoms with E-state index in [2.05, 4.69) is 33.0 Å². The summed E-state index contributed by atoms with van der Waals surface area (Å²) in [7, 11) is 0. The lowest BCUT2D eigenvalue weighted by Crippen LogP contribution is -2.44. The van der Waals surface area contributed by atoms with Crippen molar-refractivity contribution in [1.82, 2.24) is 5.32 Å². The first kappa shape index (κ1) is 15.4. The molecule has 112 valence electrons. The molecule has 1 nitrogen and oxygen atoms in total. The van der Waals surface area contributed by atoms with Crippen molar-refractivity contribution in [2.24, 2.45) is 11.3 Å². The lowest BCUT2D eigenvalue weighted by molar-refractivity contribution is 0.227. The van der Waals surface area contributed by atoms with Crippen molar-refractivity contribution in [3.63, 3.8) is 0 Å². The largest absolute Gasteiger partial charge is 0.312 e. The molecule has 2 rings (SSSR count). The molecule has 20 heavy (non-hydrogen) atoms. The van der Waals surface area contributed by atoms with Gasteiger partial charge in [-0.15, -0.1) is 0 Å². The summed E-state index contributed by atoms with van der Waals surface area (Å²) in [6.07, 6.45) is 3.27. The summed E-state index contributed by atoms with van der Waals surface area (Å²) in [4.78, 5) is 0. The SMILES string of the molecule is CC(C)(C)NCC(C)(Cc1ccc(F)c(F)c1)C1CC1. The normalized spacial score (nSPS) is 18.9. The van der Waals surface area contributed by atoms with E-state index < -0.39 is 11.6 Å². The Labute approximate surface area is 120 Å². The van der Waals surface area contributed by atoms with Gasteiger partial charge in [0.15, 0.2) is 11.6 Å². The Morgan fingerprint density at radius 3 is 2.25 bits per heavy atom. The second kappa shape index (κ2) is 5.44. The van der Waals surface area contributed by atoms with Crippen molar-refractivity contribution in [2.45, 2.75) is 52.5 Å². The second-order valence-electron chi connectivity index (χ2n) is 7.46. The van der Waals surface area contributed by atoms with Crippen molar-refractivity contribution in [1.29, 1.82) is 0 Å². The van der Waals surface area contributed by atoms with Crippen LogP contribution < -0.4 is 5.32 Å². The Kier molecular flexibility index (Phi) is 4.19. The van der Waals surface area contributed by atoms with Gasteiger partial charge in [-0.3, -0.25) is 0 Å². The molecule has 1 aliphatic rings. The number of rotatable bonds is 5. The fourth-order valence-electron chi connectivity index (χ4n) is 2.71. The van der Waals surface area contributed by atoms with Crippen LogP contribution in [0.25, 0.3) is 0 Å². The maximum Gasteiger partial charge on any atom is 0.159 e. The minimum Gasteiger partial charge on any atom is -0.312 e. The van der Waals surface area contributed by atoms with Gasteiger partial charge in [-0.05, 0) is 69.1 Å². The molecule has 1 aromatic rings. The fourth-order valence-corrected chi connectivity index (χ4v) is 2.71. The summed E-state index contributed by atoms with van der Waals surface area (Å²) >= 11 is 0. The van der Waals surface area contributed by atoms with Crippen LogP contribution in [0.15, 0.2) is 18.2 Å². The minimum atomic E-state index is -0.769. The van der Waals surface area contributed by atoms with E-state index in [1.807, 2.05) is 0 Å². The highest BCUT2D eigenvalue weighted by Crippen LogP contribution is 2.47. The highest BCUT2D eigenvalue weighted by molar-refractivity contribution is 5.20. The first-order valence-electron chi connectivity index (χ1n) is 7.39. The third-order valence-corrected chi connectivity index (χ3v) is 4.18. The molecule has 1 aromatic carbocycles. The van der Waals surface area contributed by atoms with Crippen LogP contribution in [0, 0.1) is 23.0 Å². The Morgan fingerprint density at radius 2 is 1.75 bits per heavy atom. The number of hydrogen-bond donors (Lipinski definition) is 1. The Morgan fingerprint density at radius 1 is 1.10 bits per heavy atom. The lowest BCUT2D eigenvalue weighted by atomic mass is 9.78. The summed E-state index contributed by atoms with van der Waals surface area (Å²) < 4.78 is 26.4. The van der Waals surface area contributed by atoms with Crippen LogP contribution >= 0.6 is 0 Å². The summed E-state index contributed by atoms with van der Waals surface area (Å²) in [6.45, 7) is 9.61. The standard InChI is InChI=1S/C17H25F2N/c1-16(2,3)20-11-17(4,13-6-7-13)10-12-5-8-14(18)15(19)9-12/h5,8-9,13,20H,6-7,10-11H2,1-4H3. The second-order valence-corrected chi connectivity index (χ2v) is 7.46. The van der Waals surface area contributed by atoms with Gasteiger partial charge in [-0.25, -0.2) is 8.78 Å². The molecule has 1 N–H and O–H groups in total. The van der Waals surface area contributed by atoms with E-state index in [1.54, 1.807) is 6.07 Å². The average Bonchev–Trinajstić information content (AvgIpc) is 3.15. The van der Waals surface area contributed by atoms with Crippen LogP contribution in [-0.2, 0) is 6.42 Å². The van der Waals surface area contributed by atoms with E-state index in [4.69, 9.17) is 0 Å². The van der Waals surface area contributed by atoms with Crippen molar-refractivity contribution in [2.75, 3.05) is 6.54 Å². The smallest absolute Gasteiger partial charge is 0.159 e. The molecule has 0 amide bonds. The van der Waals surface area contributed by atoms with Gasteiger partial charge in [0.1, 0.15) is 0 Å². The molecule has 1 saturated carbocycles. The first-order valence-corrected chi connectivity index (χ1v) is 7.39. The molecule has 0 aliphatic heterocycles. The van der Waals surface area contributed by atoms with E-state index in [-0.39, 0.29) is 11.0 Å². The van der Waals surface area contributed by atoms with Crippen LogP contribution in [0.1, 0.15) is 46.1 Å². The van der Waals surface area contributed by atoms with Gasteiger partial charge in [0, 0.05) is 12.1 Å². The molecule has 0 heterocycles. The summed E-state index contributed by atoms with van der Waals surface area (Å²) in [5.41, 5.74) is 1.07. The van der Waals surface area contributed by atoms with E-state index in [0.29, 0.717) is 5.92 Å². The molecule has 0 saturated heterocycles. The van der Waals surface area contributed by atoms with E-state index in [0.717, 1.165) is 18.5 Å². The Bertz CT molecular complexity index is 474. The first-order chi connectivity index (χ1) is 9.20. The number of nitrogens with one attached hydrogen (secondary N) is 1. The van der Waals surface area contributed by atoms with Crippen molar-refractivity contribution in [3.05, 3.63) is 35.4 Å². The average molecular weight is 281 g/mol. The zero-order valence-electron chi connectivity index (χ0n) is 12.9. The van der Waals surface area contributed by atoms with Gasteiger partial charge in [-0.2, -0.15) is 0 Å². The van der Waals surface area contributed by atoms with Crippen molar-refractivity contribution in [3.8, 4) is 0 Å². The Hall–Kier alpha value is -0.960. The molecular formula is C17H25F2N. The van der Waals surface area contributed by atoms with Crippen LogP contribution in [0.5, 0.6) is 0 Å². The highest BCUT2D eigenvalue weighted by atomic mass is 19.2. The molecule has 1 aliphatic carbocycles. The lowest BCUT2D eigenvalue weighted by Gasteiger charge is -2.34. The monoisotopic (exact) mass is 281 g/mol. The summed E-state index contributed by atoms with van der Waals surface area (Å²) in [5.74, 6) is -0.829. The van der Waals surface area contributed by atoms with Gasteiger partial charge in [0.25, 0.3) is 0 Å². The van der Waals surface area contributed by atoms with Gasteiger partial charge in [0.05, 0.1) is 0 Å². The Balaban J connectivity index is 2.10. The topological polar surface area (TPSA) is 12.0 Å². The van der Waals surface area contributed by atoms with Crippen LogP contribution in [0.3, 0.4) is 0 Å². The zero-order chi connectivity index (χ0) is 15.0. The predicted octanol–water partition coefficient (Wildman–Crippen LogP) is 4.31. The quantitative estimate of drug-likeness (QED) is 0.848. The fraction of sp³-hybridized carbons (Fsp3) is 0.647. The van der Waals surface area contributed by atoms with E-state index in [1.165, 1.54) is 25.0 Å². The number of halogens is 2. The molecule has 1 fully saturated rings. The van der Waals surface area contributed by atoms with E-state index in [9.17, 15) is 8.78 Å². The minimum absolute atomic E-state index is 0.0736. The summed E-state index contributed by atoms with van der Waals surface area (Å²) in [5, 5.41) is 3.56. The number of hydrogen-bond acceptors (Lipinski definition) is 1. The third kappa shape index (κ3) is 4.02. The van der Waals surface area contributed by atoms with Crippen molar-refractivity contribution >= 4 is 0 Å². The number of benzene rings is 1. The molecule has 0 radical (unpaired) electrons. The molecule has 0 bridgehead atoms. The zero-order valence-corrected chi connectivity index (χ0v) is 12.9. The van der Waals surface area contributed by atoms with Crippen LogP contribution in [-0.4, -0.2) is 12.1 Å². The molecule has 0 spiro atoms. The van der Waals surface area contributed by atoms with Gasteiger partial charge in [0.2, 0.25) is 0 Å². The molecular weight excluding hydrogens is 256 g/mol. The molecule has 1 unspecified atom stereocenters. The van der Waals surface area contributed by atoms with E-state index >= 15 is 0 Å². The van der Waals surface area contributed by atoms with Gasteiger partial charge in [-0.1, -0.05) is 13.0 Å². The van der Waals surface area contributed by atoms with Crippen molar-refractivity contribution < 1.29 is 8.78 Å². The van der Waals surface area contributed by atoms with Gasteiger partial charge >= 0.3 is 0 Å². The van der Waals surface area contributed by atoms with Crippen LogP contribution in [0.2, 0.25) is 0 Å². The molecule has 3 heteroatoms. The molecule has 0 aromatic heterocycles.